The number of methoxy groups -OCH3 is 3. The van der Waals surface area contributed by atoms with Gasteiger partial charge in [-0.25, -0.2) is 8.42 Å². The number of amides is 2. The lowest BCUT2D eigenvalue weighted by molar-refractivity contribution is -0.122. The van der Waals surface area contributed by atoms with Crippen molar-refractivity contribution in [3.63, 3.8) is 0 Å². The maximum Gasteiger partial charge on any atom is 0.242 e. The number of hydrogen-bond acceptors (Lipinski definition) is 9. The summed E-state index contributed by atoms with van der Waals surface area (Å²) in [5.41, 5.74) is 2.70. The summed E-state index contributed by atoms with van der Waals surface area (Å²) in [6, 6.07) is 4.98. The molecule has 3 unspecified atom stereocenters. The van der Waals surface area contributed by atoms with E-state index in [4.69, 9.17) is 14.2 Å². The predicted octanol–water partition coefficient (Wildman–Crippen LogP) is 1.97. The third-order valence-electron chi connectivity index (χ3n) is 7.26. The highest BCUT2D eigenvalue weighted by Gasteiger charge is 2.31. The Kier molecular flexibility index (Phi) is 8.57. The van der Waals surface area contributed by atoms with Crippen LogP contribution in [-0.2, 0) is 25.8 Å². The summed E-state index contributed by atoms with van der Waals surface area (Å²) >= 11 is 0. The highest BCUT2D eigenvalue weighted by atomic mass is 32.2. The van der Waals surface area contributed by atoms with E-state index in [2.05, 4.69) is 16.0 Å². The van der Waals surface area contributed by atoms with Crippen molar-refractivity contribution in [1.82, 2.24) is 10.6 Å². The maximum absolute atomic E-state index is 13.5. The molecule has 0 saturated carbocycles. The Morgan fingerprint density at radius 3 is 2.33 bits per heavy atom. The fraction of sp³-hybridized carbons (Fsp3) is 0.464. The average Bonchev–Trinajstić information content (AvgIpc) is 3.08. The zero-order valence-corrected chi connectivity index (χ0v) is 24.1. The quantitative estimate of drug-likeness (QED) is 0.431. The molecule has 1 aliphatic carbocycles. The van der Waals surface area contributed by atoms with Crippen LogP contribution in [0.4, 0.5) is 5.69 Å². The summed E-state index contributed by atoms with van der Waals surface area (Å²) in [6.07, 6.45) is 1.46. The second-order valence-electron chi connectivity index (χ2n) is 10.1. The smallest absolute Gasteiger partial charge is 0.242 e. The Morgan fingerprint density at radius 2 is 1.73 bits per heavy atom. The van der Waals surface area contributed by atoms with E-state index in [0.29, 0.717) is 47.6 Å². The Bertz CT molecular complexity index is 1490. The van der Waals surface area contributed by atoms with E-state index in [9.17, 15) is 22.8 Å². The summed E-state index contributed by atoms with van der Waals surface area (Å²) in [7, 11) is 1.43. The van der Waals surface area contributed by atoms with Crippen molar-refractivity contribution in [2.45, 2.75) is 51.2 Å². The lowest BCUT2D eigenvalue weighted by Crippen LogP contribution is -2.44. The van der Waals surface area contributed by atoms with Gasteiger partial charge in [0.2, 0.25) is 23.0 Å². The molecule has 4 rings (SSSR count). The van der Waals surface area contributed by atoms with Gasteiger partial charge in [-0.3, -0.25) is 14.4 Å². The minimum absolute atomic E-state index is 0.0433. The molecule has 1 heterocycles. The zero-order chi connectivity index (χ0) is 29.2. The van der Waals surface area contributed by atoms with E-state index in [1.165, 1.54) is 27.2 Å². The van der Waals surface area contributed by atoms with Gasteiger partial charge in [0, 0.05) is 18.5 Å². The first kappa shape index (κ1) is 29.2. The zero-order valence-electron chi connectivity index (χ0n) is 23.3. The molecular weight excluding hydrogens is 538 g/mol. The van der Waals surface area contributed by atoms with Crippen LogP contribution in [0.2, 0.25) is 0 Å². The van der Waals surface area contributed by atoms with Gasteiger partial charge in [0.25, 0.3) is 0 Å². The molecule has 2 aliphatic rings. The van der Waals surface area contributed by atoms with Crippen LogP contribution in [0.5, 0.6) is 17.2 Å². The monoisotopic (exact) mass is 573 g/mol. The van der Waals surface area contributed by atoms with Crippen molar-refractivity contribution < 1.29 is 32.2 Å². The SMILES string of the molecule is COc1cc2c(c(OC)c1OC)-c1ccc(NC(C)C(=O)NC3CCS(=O)(=O)C3)c(=O)cc1C(NC(C)=O)CC2. The number of sulfone groups is 1. The third-order valence-corrected chi connectivity index (χ3v) is 9.03. The lowest BCUT2D eigenvalue weighted by Gasteiger charge is -2.19. The molecule has 0 aromatic heterocycles. The van der Waals surface area contributed by atoms with Gasteiger partial charge >= 0.3 is 0 Å². The van der Waals surface area contributed by atoms with Crippen molar-refractivity contribution in [3.8, 4) is 28.4 Å². The summed E-state index contributed by atoms with van der Waals surface area (Å²) < 4.78 is 40.5. The summed E-state index contributed by atoms with van der Waals surface area (Å²) in [5.74, 6) is 0.648. The molecule has 40 heavy (non-hydrogen) atoms. The molecule has 2 aromatic rings. The van der Waals surface area contributed by atoms with Crippen LogP contribution in [0.25, 0.3) is 11.1 Å². The minimum Gasteiger partial charge on any atom is -0.493 e. The van der Waals surface area contributed by atoms with Crippen LogP contribution in [0, 0.1) is 0 Å². The maximum atomic E-state index is 13.5. The van der Waals surface area contributed by atoms with Crippen LogP contribution < -0.4 is 35.6 Å². The van der Waals surface area contributed by atoms with E-state index in [1.54, 1.807) is 26.2 Å². The van der Waals surface area contributed by atoms with Crippen LogP contribution in [-0.4, -0.2) is 65.2 Å². The molecule has 1 saturated heterocycles. The van der Waals surface area contributed by atoms with Gasteiger partial charge in [-0.1, -0.05) is 6.07 Å². The normalized spacial score (nSPS) is 19.7. The van der Waals surface area contributed by atoms with E-state index in [0.717, 1.165) is 11.1 Å². The Hall–Kier alpha value is -3.80. The van der Waals surface area contributed by atoms with E-state index >= 15 is 0 Å². The number of carbonyl (C=O) groups is 2. The highest BCUT2D eigenvalue weighted by molar-refractivity contribution is 7.91. The van der Waals surface area contributed by atoms with Crippen LogP contribution >= 0.6 is 0 Å². The number of benzene rings is 1. The first-order valence-corrected chi connectivity index (χ1v) is 14.8. The number of fused-ring (bicyclic) bond motifs is 3. The molecule has 0 bridgehead atoms. The molecule has 0 spiro atoms. The van der Waals surface area contributed by atoms with Gasteiger partial charge in [-0.05, 0) is 61.1 Å². The highest BCUT2D eigenvalue weighted by Crippen LogP contribution is 2.50. The molecule has 12 heteroatoms. The molecule has 3 N–H and O–H groups in total. The molecule has 11 nitrogen and oxygen atoms in total. The molecule has 216 valence electrons. The Labute approximate surface area is 233 Å². The molecule has 1 fully saturated rings. The number of anilines is 1. The van der Waals surface area contributed by atoms with E-state index in [1.807, 2.05) is 6.07 Å². The number of aryl methyl sites for hydroxylation is 1. The second-order valence-corrected chi connectivity index (χ2v) is 12.3. The largest absolute Gasteiger partial charge is 0.493 e. The molecule has 1 aliphatic heterocycles. The molecule has 2 aromatic carbocycles. The first-order valence-electron chi connectivity index (χ1n) is 13.0. The molecular formula is C28H35N3O8S. The van der Waals surface area contributed by atoms with Crippen molar-refractivity contribution in [2.75, 3.05) is 38.2 Å². The van der Waals surface area contributed by atoms with Crippen molar-refractivity contribution in [1.29, 1.82) is 0 Å². The van der Waals surface area contributed by atoms with Gasteiger partial charge < -0.3 is 30.2 Å². The van der Waals surface area contributed by atoms with Gasteiger partial charge in [0.15, 0.2) is 21.3 Å². The molecule has 2 amide bonds. The van der Waals surface area contributed by atoms with Crippen molar-refractivity contribution >= 4 is 27.3 Å². The first-order chi connectivity index (χ1) is 19.0. The Balaban J connectivity index is 1.78. The van der Waals surface area contributed by atoms with Gasteiger partial charge in [-0.2, -0.15) is 0 Å². The van der Waals surface area contributed by atoms with Crippen LogP contribution in [0.15, 0.2) is 29.1 Å². The van der Waals surface area contributed by atoms with E-state index in [-0.39, 0.29) is 28.5 Å². The number of carbonyl (C=O) groups excluding carboxylic acids is 2. The van der Waals surface area contributed by atoms with Crippen LogP contribution in [0.1, 0.15) is 43.9 Å². The molecule has 3 atom stereocenters. The molecule has 0 radical (unpaired) electrons. The Morgan fingerprint density at radius 1 is 1.00 bits per heavy atom. The standard InChI is InChI=1S/C28H35N3O8S/c1-15(28(34)31-18-10-11-40(35,36)14-18)29-22-9-7-19-20(13-23(22)33)21(30-16(2)32)8-6-17-12-24(37-3)26(38-4)27(39-5)25(17)19/h7,9,12-13,15,18,21H,6,8,10-11,14H2,1-5H3,(H,29,33)(H,30,32)(H,31,34). The van der Waals surface area contributed by atoms with Crippen molar-refractivity contribution in [2.24, 2.45) is 0 Å². The predicted molar refractivity (Wildman–Crippen MR) is 151 cm³/mol. The average molecular weight is 574 g/mol. The number of ether oxygens (including phenoxy) is 3. The van der Waals surface area contributed by atoms with E-state index < -0.39 is 33.9 Å². The number of hydrogen-bond donors (Lipinski definition) is 3. The van der Waals surface area contributed by atoms with Crippen molar-refractivity contribution in [3.05, 3.63) is 45.6 Å². The fourth-order valence-corrected chi connectivity index (χ4v) is 7.03. The number of rotatable bonds is 8. The second kappa shape index (κ2) is 11.7. The van der Waals surface area contributed by atoms with Gasteiger partial charge in [0.05, 0.1) is 44.6 Å². The number of nitrogens with one attached hydrogen (secondary N) is 3. The topological polar surface area (TPSA) is 149 Å². The van der Waals surface area contributed by atoms with Gasteiger partial charge in [-0.15, -0.1) is 0 Å². The lowest BCUT2D eigenvalue weighted by atomic mass is 9.95. The minimum atomic E-state index is -3.15. The summed E-state index contributed by atoms with van der Waals surface area (Å²) in [4.78, 5) is 38.4. The fourth-order valence-electron chi connectivity index (χ4n) is 5.36. The van der Waals surface area contributed by atoms with Crippen LogP contribution in [0.3, 0.4) is 0 Å². The summed E-state index contributed by atoms with van der Waals surface area (Å²) in [5, 5.41) is 8.69. The third kappa shape index (κ3) is 6.01. The summed E-state index contributed by atoms with van der Waals surface area (Å²) in [6.45, 7) is 3.03. The van der Waals surface area contributed by atoms with Gasteiger partial charge in [0.1, 0.15) is 6.04 Å².